The van der Waals surface area contributed by atoms with Crippen LogP contribution in [-0.2, 0) is 4.79 Å². The Morgan fingerprint density at radius 3 is 2.27 bits per heavy atom. The van der Waals surface area contributed by atoms with Crippen molar-refractivity contribution < 1.29 is 4.79 Å². The minimum absolute atomic E-state index is 0.115. The van der Waals surface area contributed by atoms with Crippen molar-refractivity contribution in [3.8, 4) is 12.3 Å². The molecule has 2 N–H and O–H groups in total. The van der Waals surface area contributed by atoms with Crippen LogP contribution in [0.5, 0.6) is 0 Å². The highest BCUT2D eigenvalue weighted by Crippen LogP contribution is 2.57. The Kier molecular flexibility index (Phi) is 11.1. The molecule has 0 radical (unpaired) electrons. The largest absolute Gasteiger partial charge is 0.340 e. The molecule has 2 aromatic rings. The summed E-state index contributed by atoms with van der Waals surface area (Å²) >= 11 is 0. The lowest BCUT2D eigenvalue weighted by Gasteiger charge is -2.52. The Hall–Kier alpha value is -2.77. The molecule has 2 unspecified atom stereocenters. The molecular formula is C40H60N8O. The highest BCUT2D eigenvalue weighted by molar-refractivity contribution is 5.76. The third-order valence-electron chi connectivity index (χ3n) is 13.1. The van der Waals surface area contributed by atoms with Crippen LogP contribution >= 0.6 is 0 Å². The first-order chi connectivity index (χ1) is 23.9. The third kappa shape index (κ3) is 7.93. The fourth-order valence-corrected chi connectivity index (χ4v) is 10.2. The lowest BCUT2D eigenvalue weighted by molar-refractivity contribution is -0.133. The highest BCUT2D eigenvalue weighted by Gasteiger charge is 2.49. The van der Waals surface area contributed by atoms with E-state index in [-0.39, 0.29) is 11.9 Å². The van der Waals surface area contributed by atoms with Crippen LogP contribution in [0.3, 0.4) is 0 Å². The van der Waals surface area contributed by atoms with Gasteiger partial charge >= 0.3 is 0 Å². The fraction of sp³-hybridized carbons (Fsp3) is 0.725. The van der Waals surface area contributed by atoms with Crippen LogP contribution in [0.25, 0.3) is 0 Å². The summed E-state index contributed by atoms with van der Waals surface area (Å²) in [7, 11) is 0. The molecule has 1 aromatic carbocycles. The second-order valence-electron chi connectivity index (χ2n) is 16.1. The van der Waals surface area contributed by atoms with Crippen molar-refractivity contribution in [1.29, 1.82) is 0 Å². The van der Waals surface area contributed by atoms with E-state index in [0.29, 0.717) is 42.3 Å². The second kappa shape index (κ2) is 15.6. The summed E-state index contributed by atoms with van der Waals surface area (Å²) in [6, 6.07) is 12.5. The molecule has 9 heteroatoms. The van der Waals surface area contributed by atoms with Gasteiger partial charge in [0.2, 0.25) is 5.91 Å². The van der Waals surface area contributed by atoms with Crippen LogP contribution in [0.15, 0.2) is 30.3 Å². The second-order valence-corrected chi connectivity index (χ2v) is 16.1. The van der Waals surface area contributed by atoms with Crippen LogP contribution in [-0.4, -0.2) is 111 Å². The predicted octanol–water partition coefficient (Wildman–Crippen LogP) is 5.14. The minimum Gasteiger partial charge on any atom is -0.340 e. The summed E-state index contributed by atoms with van der Waals surface area (Å²) in [5.41, 5.74) is 8.36. The lowest BCUT2D eigenvalue weighted by atomic mass is 9.57. The molecule has 2 bridgehead atoms. The van der Waals surface area contributed by atoms with Crippen molar-refractivity contribution in [2.45, 2.75) is 120 Å². The molecule has 4 aliphatic heterocycles. The summed E-state index contributed by atoms with van der Waals surface area (Å²) < 4.78 is 2.58. The number of hydrogen-bond acceptors (Lipinski definition) is 7. The van der Waals surface area contributed by atoms with Crippen molar-refractivity contribution >= 4 is 5.91 Å². The Bertz CT molecular complexity index is 1400. The average molecular weight is 669 g/mol. The summed E-state index contributed by atoms with van der Waals surface area (Å²) in [5.74, 6) is 5.87. The van der Waals surface area contributed by atoms with Crippen molar-refractivity contribution in [3.63, 3.8) is 0 Å². The maximum atomic E-state index is 12.4. The van der Waals surface area contributed by atoms with Crippen molar-refractivity contribution in [1.82, 2.24) is 34.4 Å². The molecule has 5 fully saturated rings. The van der Waals surface area contributed by atoms with Gasteiger partial charge in [-0.3, -0.25) is 14.6 Å². The number of rotatable bonds is 13. The number of unbranched alkanes of at least 4 members (excludes halogenated alkanes) is 1. The fourth-order valence-electron chi connectivity index (χ4n) is 10.2. The molecule has 5 aliphatic rings. The first-order valence-electron chi connectivity index (χ1n) is 19.5. The van der Waals surface area contributed by atoms with Gasteiger partial charge in [-0.15, -0.1) is 22.5 Å². The number of terminal acetylenes is 1. The molecule has 1 spiro atoms. The smallest absolute Gasteiger partial charge is 0.222 e. The zero-order valence-electron chi connectivity index (χ0n) is 30.0. The number of aromatic nitrogens is 3. The van der Waals surface area contributed by atoms with Gasteiger partial charge in [0.15, 0.2) is 0 Å². The zero-order chi connectivity index (χ0) is 33.8. The van der Waals surface area contributed by atoms with E-state index in [1.54, 1.807) is 0 Å². The van der Waals surface area contributed by atoms with Crippen molar-refractivity contribution in [3.05, 3.63) is 47.5 Å². The monoisotopic (exact) mass is 668 g/mol. The Balaban J connectivity index is 0.829. The summed E-state index contributed by atoms with van der Waals surface area (Å²) in [4.78, 5) is 22.5. The molecule has 7 rings (SSSR count). The van der Waals surface area contributed by atoms with Crippen LogP contribution in [0.1, 0.15) is 119 Å². The molecule has 1 aliphatic carbocycles. The van der Waals surface area contributed by atoms with Gasteiger partial charge in [0, 0.05) is 75.7 Å². The topological polar surface area (TPSA) is 86.8 Å². The van der Waals surface area contributed by atoms with Gasteiger partial charge in [-0.2, -0.15) is 0 Å². The van der Waals surface area contributed by atoms with E-state index in [1.165, 1.54) is 88.8 Å². The zero-order valence-corrected chi connectivity index (χ0v) is 30.0. The first-order valence-corrected chi connectivity index (χ1v) is 19.5. The van der Waals surface area contributed by atoms with Crippen LogP contribution < -0.4 is 5.73 Å². The average Bonchev–Trinajstić information content (AvgIpc) is 3.61. The SMILES string of the molecule is C#CCCCC(=O)N1CCN(CCCN2CCC3(CC2)CC(c2nnc(C)n2C2CC4CCC(C2)N4CC[C@H](N)c2ccccc2)C3)CC1. The number of aryl methyl sites for hydroxylation is 1. The standard InChI is InChI=1S/C40H60N8O/c1-3-4-6-12-38(49)46-25-23-45(24-26-46)19-9-18-44-21-16-40(17-22-44)29-33(30-40)39-43-42-31(2)48(39)36-27-34-13-14-35(28-36)47(34)20-15-37(41)32-10-7-5-8-11-32/h1,5,7-8,10-11,33-37H,4,6,9,12-30,41H2,2H3/t34?,35?,36?,37-/m0/s1. The lowest BCUT2D eigenvalue weighted by Crippen LogP contribution is -2.49. The van der Waals surface area contributed by atoms with Crippen LogP contribution in [0.2, 0.25) is 0 Å². The third-order valence-corrected chi connectivity index (χ3v) is 13.1. The Morgan fingerprint density at radius 2 is 1.59 bits per heavy atom. The predicted molar refractivity (Wildman–Crippen MR) is 195 cm³/mol. The number of piperidine rings is 2. The molecule has 4 saturated heterocycles. The molecule has 1 saturated carbocycles. The van der Waals surface area contributed by atoms with Gasteiger partial charge in [0.1, 0.15) is 11.6 Å². The van der Waals surface area contributed by atoms with Gasteiger partial charge in [-0.1, -0.05) is 30.3 Å². The molecule has 3 atom stereocenters. The molecule has 1 amide bonds. The number of carbonyl (C=O) groups is 1. The molecule has 49 heavy (non-hydrogen) atoms. The highest BCUT2D eigenvalue weighted by atomic mass is 16.2. The van der Waals surface area contributed by atoms with Crippen molar-refractivity contribution in [2.24, 2.45) is 11.1 Å². The van der Waals surface area contributed by atoms with Gasteiger partial charge < -0.3 is 20.1 Å². The number of nitrogens with two attached hydrogens (primary N) is 1. The van der Waals surface area contributed by atoms with E-state index in [2.05, 4.69) is 67.5 Å². The van der Waals surface area contributed by atoms with E-state index in [1.807, 2.05) is 4.90 Å². The number of benzene rings is 1. The van der Waals surface area contributed by atoms with Crippen LogP contribution in [0.4, 0.5) is 0 Å². The number of nitrogens with zero attached hydrogens (tertiary/aromatic N) is 7. The summed E-state index contributed by atoms with van der Waals surface area (Å²) in [6.07, 6.45) is 19.9. The number of fused-ring (bicyclic) bond motifs is 2. The molecule has 266 valence electrons. The number of piperazine rings is 1. The number of amides is 1. The van der Waals surface area contributed by atoms with Crippen molar-refractivity contribution in [2.75, 3.05) is 58.9 Å². The van der Waals surface area contributed by atoms with Crippen LogP contribution in [0, 0.1) is 24.7 Å². The number of likely N-dealkylation sites (tertiary alicyclic amines) is 1. The summed E-state index contributed by atoms with van der Waals surface area (Å²) in [5, 5.41) is 9.51. The Labute approximate surface area is 295 Å². The van der Waals surface area contributed by atoms with E-state index in [9.17, 15) is 4.79 Å². The maximum Gasteiger partial charge on any atom is 0.222 e. The Morgan fingerprint density at radius 1 is 0.918 bits per heavy atom. The minimum atomic E-state index is 0.115. The van der Waals surface area contributed by atoms with E-state index in [0.717, 1.165) is 57.9 Å². The maximum absolute atomic E-state index is 12.4. The molecule has 1 aromatic heterocycles. The summed E-state index contributed by atoms with van der Waals surface area (Å²) in [6.45, 7) is 11.8. The molecule has 5 heterocycles. The quantitative estimate of drug-likeness (QED) is 0.234. The van der Waals surface area contributed by atoms with E-state index in [4.69, 9.17) is 17.3 Å². The van der Waals surface area contributed by atoms with E-state index >= 15 is 0 Å². The molecular weight excluding hydrogens is 608 g/mol. The first kappa shape index (κ1) is 34.7. The molecule has 9 nitrogen and oxygen atoms in total. The number of carbonyl (C=O) groups excluding carboxylic acids is 1. The van der Waals surface area contributed by atoms with E-state index < -0.39 is 0 Å². The van der Waals surface area contributed by atoms with Gasteiger partial charge in [-0.05, 0) is 115 Å². The normalized spacial score (nSPS) is 26.9. The van der Waals surface area contributed by atoms with Gasteiger partial charge in [-0.25, -0.2) is 0 Å². The van der Waals surface area contributed by atoms with Gasteiger partial charge in [0.25, 0.3) is 0 Å². The number of hydrogen-bond donors (Lipinski definition) is 1. The van der Waals surface area contributed by atoms with Gasteiger partial charge in [0.05, 0.1) is 0 Å².